The number of hydrogen-bond acceptors (Lipinski definition) is 3. The van der Waals surface area contributed by atoms with Crippen LogP contribution in [0.4, 0.5) is 13.2 Å². The Morgan fingerprint density at radius 1 is 1.15 bits per heavy atom. The van der Waals surface area contributed by atoms with Crippen LogP contribution in [-0.4, -0.2) is 5.11 Å². The van der Waals surface area contributed by atoms with Crippen molar-refractivity contribution in [2.24, 2.45) is 28.4 Å². The molecule has 6 heteroatoms. The second-order valence-electron chi connectivity index (χ2n) is 12.0. The van der Waals surface area contributed by atoms with Crippen molar-refractivity contribution >= 4 is 5.57 Å². The molecule has 3 N–H and O–H groups in total. The highest BCUT2D eigenvalue weighted by Gasteiger charge is 2.65. The molecule has 0 radical (unpaired) electrons. The molecule has 0 amide bonds. The summed E-state index contributed by atoms with van der Waals surface area (Å²) in [6, 6.07) is 11.6. The molecule has 212 valence electrons. The van der Waals surface area contributed by atoms with E-state index in [1.54, 1.807) is 0 Å². The summed E-state index contributed by atoms with van der Waals surface area (Å²) >= 11 is 0. The summed E-state index contributed by atoms with van der Waals surface area (Å²) in [5, 5.41) is 23.1. The van der Waals surface area contributed by atoms with Gasteiger partial charge >= 0.3 is 6.18 Å². The summed E-state index contributed by atoms with van der Waals surface area (Å²) in [6.07, 6.45) is -2.52. The molecule has 0 aliphatic heterocycles. The summed E-state index contributed by atoms with van der Waals surface area (Å²) < 4.78 is 39.8. The third-order valence-corrected chi connectivity index (χ3v) is 10.0. The van der Waals surface area contributed by atoms with Crippen molar-refractivity contribution in [1.82, 2.24) is 0 Å². The van der Waals surface area contributed by atoms with E-state index in [2.05, 4.69) is 39.7 Å². The molecule has 0 bridgehead atoms. The number of alkyl halides is 3. The van der Waals surface area contributed by atoms with Crippen LogP contribution in [0.5, 0.6) is 0 Å². The lowest BCUT2D eigenvalue weighted by Gasteiger charge is -2.59. The largest absolute Gasteiger partial charge is 0.510 e. The van der Waals surface area contributed by atoms with E-state index in [0.717, 1.165) is 46.4 Å². The number of halogens is 3. The summed E-state index contributed by atoms with van der Waals surface area (Å²) in [6.45, 7) is 20.8. The van der Waals surface area contributed by atoms with Gasteiger partial charge in [0.25, 0.3) is 0 Å². The molecule has 41 heavy (non-hydrogen) atoms. The molecule has 5 rings (SSSR count). The maximum atomic E-state index is 13.3. The van der Waals surface area contributed by atoms with Gasteiger partial charge in [0.2, 0.25) is 0 Å². The number of nitrogens with zero attached hydrogens (tertiary/aromatic N) is 1. The standard InChI is InChI=1S/C35H35F3N2O/c1-8-28-19(3)30(22(6)40)21(5)34(17-39)32(41)31-20(4)29-18(2)9-14-26(27(29)15-24(31)16-33(28,34)7)23-10-12-25(13-11-23)35(36,37)38/h9-14,24,28,41H,4-6,8,15-16,40H2,1-3,7H3/t24-,28+,33-,34-/m0/s1. The van der Waals surface area contributed by atoms with Gasteiger partial charge < -0.3 is 10.8 Å². The van der Waals surface area contributed by atoms with Crippen molar-refractivity contribution in [1.29, 1.82) is 5.26 Å². The fourth-order valence-electron chi connectivity index (χ4n) is 8.30. The second-order valence-corrected chi connectivity index (χ2v) is 12.0. The number of fused-ring (bicyclic) bond motifs is 3. The van der Waals surface area contributed by atoms with Crippen LogP contribution in [0.2, 0.25) is 0 Å². The van der Waals surface area contributed by atoms with Crippen molar-refractivity contribution in [3.63, 3.8) is 0 Å². The minimum absolute atomic E-state index is 0.0246. The van der Waals surface area contributed by atoms with E-state index in [4.69, 9.17) is 5.73 Å². The van der Waals surface area contributed by atoms with E-state index < -0.39 is 22.6 Å². The predicted octanol–water partition coefficient (Wildman–Crippen LogP) is 8.98. The van der Waals surface area contributed by atoms with E-state index in [-0.39, 0.29) is 17.6 Å². The predicted molar refractivity (Wildman–Crippen MR) is 157 cm³/mol. The Morgan fingerprint density at radius 3 is 2.32 bits per heavy atom. The first-order valence-electron chi connectivity index (χ1n) is 13.9. The van der Waals surface area contributed by atoms with Gasteiger partial charge in [0.15, 0.2) is 0 Å². The summed E-state index contributed by atoms with van der Waals surface area (Å²) in [5.41, 5.74) is 11.5. The third-order valence-electron chi connectivity index (χ3n) is 10.0. The average Bonchev–Trinajstić information content (AvgIpc) is 2.88. The summed E-state index contributed by atoms with van der Waals surface area (Å²) in [4.78, 5) is 0. The molecule has 3 aliphatic carbocycles. The van der Waals surface area contributed by atoms with Gasteiger partial charge in [-0.25, -0.2) is 0 Å². The van der Waals surface area contributed by atoms with Gasteiger partial charge in [0.05, 0.1) is 11.6 Å². The number of nitriles is 1. The molecular weight excluding hydrogens is 521 g/mol. The molecule has 0 fully saturated rings. The van der Waals surface area contributed by atoms with Gasteiger partial charge in [-0.15, -0.1) is 0 Å². The zero-order valence-electron chi connectivity index (χ0n) is 24.0. The minimum atomic E-state index is -4.41. The lowest BCUT2D eigenvalue weighted by atomic mass is 9.42. The van der Waals surface area contributed by atoms with Gasteiger partial charge in [-0.05, 0) is 96.0 Å². The first kappa shape index (κ1) is 28.5. The highest BCUT2D eigenvalue weighted by Crippen LogP contribution is 2.69. The Balaban J connectivity index is 1.74. The Bertz CT molecular complexity index is 1630. The second kappa shape index (κ2) is 9.27. The van der Waals surface area contributed by atoms with E-state index in [1.807, 2.05) is 26.0 Å². The lowest BCUT2D eigenvalue weighted by molar-refractivity contribution is -0.137. The first-order valence-corrected chi connectivity index (χ1v) is 13.9. The number of allylic oxidation sites excluding steroid dienone is 5. The Morgan fingerprint density at radius 2 is 1.78 bits per heavy atom. The fourth-order valence-corrected chi connectivity index (χ4v) is 8.30. The zero-order chi connectivity index (χ0) is 30.2. The molecule has 0 saturated carbocycles. The van der Waals surface area contributed by atoms with Crippen LogP contribution in [-0.2, 0) is 12.6 Å². The van der Waals surface area contributed by atoms with Gasteiger partial charge in [-0.1, -0.05) is 63.4 Å². The summed E-state index contributed by atoms with van der Waals surface area (Å²) in [5.74, 6) is -0.231. The third kappa shape index (κ3) is 3.71. The Labute approximate surface area is 239 Å². The topological polar surface area (TPSA) is 70.0 Å². The SMILES string of the molecule is C=C(N)C1=C(C)[C@@H](CC)[C@]2(C)C[C@@H]3Cc4c(-c5ccc(C(F)(F)F)cc5)ccc(C)c4C(=C)C3=C(O)[C@]2(C#N)C1=C. The van der Waals surface area contributed by atoms with E-state index in [9.17, 15) is 23.5 Å². The highest BCUT2D eigenvalue weighted by molar-refractivity contribution is 5.89. The molecule has 0 spiro atoms. The van der Waals surface area contributed by atoms with Crippen LogP contribution in [0.1, 0.15) is 55.9 Å². The lowest BCUT2D eigenvalue weighted by Crippen LogP contribution is -2.55. The van der Waals surface area contributed by atoms with Crippen molar-refractivity contribution < 1.29 is 18.3 Å². The number of aliphatic hydroxyl groups excluding tert-OH is 1. The Kier molecular flexibility index (Phi) is 6.46. The van der Waals surface area contributed by atoms with Crippen LogP contribution >= 0.6 is 0 Å². The van der Waals surface area contributed by atoms with Crippen LogP contribution in [0.15, 0.2) is 89.9 Å². The number of hydrogen-bond donors (Lipinski definition) is 2. The van der Waals surface area contributed by atoms with E-state index >= 15 is 0 Å². The van der Waals surface area contributed by atoms with Crippen LogP contribution in [0, 0.1) is 40.9 Å². The molecule has 0 aromatic heterocycles. The van der Waals surface area contributed by atoms with Gasteiger partial charge in [0.1, 0.15) is 11.2 Å². The fraction of sp³-hybridized carbons (Fsp3) is 0.343. The number of benzene rings is 2. The molecule has 3 aliphatic rings. The van der Waals surface area contributed by atoms with E-state index in [1.165, 1.54) is 12.1 Å². The van der Waals surface area contributed by atoms with E-state index in [0.29, 0.717) is 46.4 Å². The summed E-state index contributed by atoms with van der Waals surface area (Å²) in [7, 11) is 0. The average molecular weight is 557 g/mol. The number of aliphatic hydroxyl groups is 1. The van der Waals surface area contributed by atoms with Crippen molar-refractivity contribution in [2.75, 3.05) is 0 Å². The van der Waals surface area contributed by atoms with Crippen molar-refractivity contribution in [2.45, 2.75) is 53.1 Å². The van der Waals surface area contributed by atoms with Crippen LogP contribution in [0.3, 0.4) is 0 Å². The maximum Gasteiger partial charge on any atom is 0.416 e. The molecule has 0 unspecified atom stereocenters. The molecule has 2 aromatic carbocycles. The number of rotatable bonds is 3. The maximum absolute atomic E-state index is 13.3. The zero-order valence-corrected chi connectivity index (χ0v) is 24.0. The molecule has 4 atom stereocenters. The van der Waals surface area contributed by atoms with Crippen LogP contribution < -0.4 is 5.73 Å². The first-order chi connectivity index (χ1) is 19.1. The highest BCUT2D eigenvalue weighted by atomic mass is 19.4. The van der Waals surface area contributed by atoms with Gasteiger partial charge in [0, 0.05) is 22.3 Å². The van der Waals surface area contributed by atoms with Crippen molar-refractivity contribution in [3.8, 4) is 17.2 Å². The minimum Gasteiger partial charge on any atom is -0.510 e. The van der Waals surface area contributed by atoms with Crippen molar-refractivity contribution in [3.05, 3.63) is 112 Å². The monoisotopic (exact) mass is 556 g/mol. The quantitative estimate of drug-likeness (QED) is 0.396. The smallest absolute Gasteiger partial charge is 0.416 e. The molecule has 3 nitrogen and oxygen atoms in total. The number of aryl methyl sites for hydroxylation is 1. The van der Waals surface area contributed by atoms with Crippen LogP contribution in [0.25, 0.3) is 16.7 Å². The normalized spacial score (nSPS) is 27.7. The number of nitrogens with two attached hydrogens (primary N) is 1. The molecule has 2 aromatic rings. The molecule has 0 saturated heterocycles. The Hall–Kier alpha value is -3.98. The van der Waals surface area contributed by atoms with Gasteiger partial charge in [-0.3, -0.25) is 0 Å². The van der Waals surface area contributed by atoms with Gasteiger partial charge in [-0.2, -0.15) is 18.4 Å². The molecule has 0 heterocycles. The molecular formula is C35H35F3N2O.